The first-order valence-corrected chi connectivity index (χ1v) is 4.49. The fourth-order valence-electron chi connectivity index (χ4n) is 1.24. The Labute approximate surface area is 83.3 Å². The molecule has 0 unspecified atom stereocenters. The molecule has 0 saturated carbocycles. The van der Waals surface area contributed by atoms with E-state index in [1.165, 1.54) is 12.1 Å². The molecule has 0 heterocycles. The minimum absolute atomic E-state index is 0.140. The lowest BCUT2D eigenvalue weighted by Gasteiger charge is -2.07. The van der Waals surface area contributed by atoms with Gasteiger partial charge in [-0.2, -0.15) is 0 Å². The minimum Gasteiger partial charge on any atom is -0.302 e. The highest BCUT2D eigenvalue weighted by Crippen LogP contribution is 2.03. The molecule has 1 aromatic rings. The molecule has 0 aliphatic carbocycles. The molecule has 0 N–H and O–H groups in total. The molecule has 14 heavy (non-hydrogen) atoms. The Morgan fingerprint density at radius 3 is 2.36 bits per heavy atom. The molecule has 0 fully saturated rings. The van der Waals surface area contributed by atoms with Crippen LogP contribution in [0.25, 0.3) is 0 Å². The Hall–Kier alpha value is -1.22. The summed E-state index contributed by atoms with van der Waals surface area (Å²) in [7, 11) is 3.70. The molecular weight excluding hydrogens is 181 g/mol. The molecule has 0 spiro atoms. The van der Waals surface area contributed by atoms with Crippen molar-refractivity contribution in [2.45, 2.75) is 6.42 Å². The Bertz CT molecular complexity index is 306. The average molecular weight is 195 g/mol. The SMILES string of the molecule is CN(C)CC(=O)Cc1ccc(F)cc1. The summed E-state index contributed by atoms with van der Waals surface area (Å²) < 4.78 is 12.5. The molecule has 0 saturated heterocycles. The summed E-state index contributed by atoms with van der Waals surface area (Å²) in [6, 6.07) is 6.03. The van der Waals surface area contributed by atoms with Gasteiger partial charge in [-0.3, -0.25) is 4.79 Å². The van der Waals surface area contributed by atoms with Crippen molar-refractivity contribution >= 4 is 5.78 Å². The number of hydrogen-bond donors (Lipinski definition) is 0. The van der Waals surface area contributed by atoms with Crippen molar-refractivity contribution in [3.63, 3.8) is 0 Å². The number of rotatable bonds is 4. The fraction of sp³-hybridized carbons (Fsp3) is 0.364. The number of nitrogens with zero attached hydrogens (tertiary/aromatic N) is 1. The summed E-state index contributed by atoms with van der Waals surface area (Å²) in [6.07, 6.45) is 0.373. The molecule has 76 valence electrons. The molecule has 0 aliphatic rings. The second-order valence-electron chi connectivity index (χ2n) is 3.58. The zero-order chi connectivity index (χ0) is 10.6. The van der Waals surface area contributed by atoms with Crippen LogP contribution in [-0.2, 0) is 11.2 Å². The minimum atomic E-state index is -0.270. The van der Waals surface area contributed by atoms with Crippen molar-refractivity contribution in [2.24, 2.45) is 0 Å². The maximum Gasteiger partial charge on any atom is 0.151 e. The topological polar surface area (TPSA) is 20.3 Å². The van der Waals surface area contributed by atoms with Crippen molar-refractivity contribution in [3.8, 4) is 0 Å². The van der Waals surface area contributed by atoms with Crippen molar-refractivity contribution < 1.29 is 9.18 Å². The van der Waals surface area contributed by atoms with Gasteiger partial charge in [-0.25, -0.2) is 4.39 Å². The van der Waals surface area contributed by atoms with Gasteiger partial charge in [-0.1, -0.05) is 12.1 Å². The lowest BCUT2D eigenvalue weighted by Crippen LogP contribution is -2.22. The van der Waals surface area contributed by atoms with Gasteiger partial charge in [-0.05, 0) is 31.8 Å². The molecule has 0 radical (unpaired) electrons. The van der Waals surface area contributed by atoms with Crippen LogP contribution in [0.4, 0.5) is 4.39 Å². The van der Waals surface area contributed by atoms with Crippen molar-refractivity contribution in [1.82, 2.24) is 4.90 Å². The maximum absolute atomic E-state index is 12.5. The van der Waals surface area contributed by atoms with Gasteiger partial charge in [0.1, 0.15) is 5.82 Å². The third-order valence-electron chi connectivity index (χ3n) is 1.81. The van der Waals surface area contributed by atoms with Crippen molar-refractivity contribution in [2.75, 3.05) is 20.6 Å². The van der Waals surface area contributed by atoms with E-state index in [9.17, 15) is 9.18 Å². The predicted octanol–water partition coefficient (Wildman–Crippen LogP) is 1.50. The van der Waals surface area contributed by atoms with Crippen LogP contribution >= 0.6 is 0 Å². The maximum atomic E-state index is 12.5. The first-order chi connectivity index (χ1) is 6.58. The second-order valence-corrected chi connectivity index (χ2v) is 3.58. The summed E-state index contributed by atoms with van der Waals surface area (Å²) in [5.74, 6) is -0.129. The van der Waals surface area contributed by atoms with Crippen LogP contribution in [0.2, 0.25) is 0 Å². The summed E-state index contributed by atoms with van der Waals surface area (Å²) >= 11 is 0. The number of carbonyl (C=O) groups excluding carboxylic acids is 1. The highest BCUT2D eigenvalue weighted by Gasteiger charge is 2.04. The number of likely N-dealkylation sites (N-methyl/N-ethyl adjacent to an activating group) is 1. The van der Waals surface area contributed by atoms with Crippen LogP contribution in [0, 0.1) is 5.82 Å². The number of ketones is 1. The average Bonchev–Trinajstić information content (AvgIpc) is 2.07. The van der Waals surface area contributed by atoms with Gasteiger partial charge < -0.3 is 4.90 Å². The molecule has 1 rings (SSSR count). The fourth-order valence-corrected chi connectivity index (χ4v) is 1.24. The molecular formula is C11H14FNO. The third-order valence-corrected chi connectivity index (χ3v) is 1.81. The van der Waals surface area contributed by atoms with E-state index in [1.54, 1.807) is 12.1 Å². The summed E-state index contributed by atoms with van der Waals surface area (Å²) in [4.78, 5) is 13.2. The van der Waals surface area contributed by atoms with Gasteiger partial charge in [-0.15, -0.1) is 0 Å². The first kappa shape index (κ1) is 10.9. The van der Waals surface area contributed by atoms with Gasteiger partial charge in [0, 0.05) is 6.42 Å². The van der Waals surface area contributed by atoms with Crippen molar-refractivity contribution in [1.29, 1.82) is 0 Å². The van der Waals surface area contributed by atoms with E-state index < -0.39 is 0 Å². The van der Waals surface area contributed by atoms with E-state index in [0.717, 1.165) is 5.56 Å². The highest BCUT2D eigenvalue weighted by atomic mass is 19.1. The number of carbonyl (C=O) groups is 1. The predicted molar refractivity (Wildman–Crippen MR) is 53.7 cm³/mol. The van der Waals surface area contributed by atoms with E-state index in [1.807, 2.05) is 19.0 Å². The van der Waals surface area contributed by atoms with Crippen LogP contribution in [-0.4, -0.2) is 31.3 Å². The van der Waals surface area contributed by atoms with E-state index in [4.69, 9.17) is 0 Å². The molecule has 3 heteroatoms. The summed E-state index contributed by atoms with van der Waals surface area (Å²) in [5.41, 5.74) is 0.859. The Kier molecular flexibility index (Phi) is 3.77. The molecule has 0 aromatic heterocycles. The number of hydrogen-bond acceptors (Lipinski definition) is 2. The van der Waals surface area contributed by atoms with Crippen LogP contribution < -0.4 is 0 Å². The zero-order valence-corrected chi connectivity index (χ0v) is 8.46. The third kappa shape index (κ3) is 3.66. The molecule has 2 nitrogen and oxygen atoms in total. The summed E-state index contributed by atoms with van der Waals surface area (Å²) in [6.45, 7) is 0.428. The molecule has 0 atom stereocenters. The number of benzene rings is 1. The highest BCUT2D eigenvalue weighted by molar-refractivity contribution is 5.82. The van der Waals surface area contributed by atoms with Gasteiger partial charge in [0.05, 0.1) is 6.54 Å². The van der Waals surface area contributed by atoms with Gasteiger partial charge in [0.2, 0.25) is 0 Å². The monoisotopic (exact) mass is 195 g/mol. The molecule has 0 amide bonds. The van der Waals surface area contributed by atoms with E-state index >= 15 is 0 Å². The van der Waals surface area contributed by atoms with Gasteiger partial charge in [0.15, 0.2) is 5.78 Å². The molecule has 1 aromatic carbocycles. The van der Waals surface area contributed by atoms with Crippen molar-refractivity contribution in [3.05, 3.63) is 35.6 Å². The van der Waals surface area contributed by atoms with Crippen LogP contribution in [0.5, 0.6) is 0 Å². The van der Waals surface area contributed by atoms with E-state index in [-0.39, 0.29) is 11.6 Å². The zero-order valence-electron chi connectivity index (χ0n) is 8.46. The number of Topliss-reactive ketones (excluding diaryl/α,β-unsaturated/α-hetero) is 1. The normalized spacial score (nSPS) is 10.6. The quantitative estimate of drug-likeness (QED) is 0.725. The lowest BCUT2D eigenvalue weighted by molar-refractivity contribution is -0.119. The molecule has 0 aliphatic heterocycles. The summed E-state index contributed by atoms with van der Waals surface area (Å²) in [5, 5.41) is 0. The molecule has 0 bridgehead atoms. The van der Waals surface area contributed by atoms with Gasteiger partial charge >= 0.3 is 0 Å². The van der Waals surface area contributed by atoms with E-state index in [2.05, 4.69) is 0 Å². The Morgan fingerprint density at radius 2 is 1.86 bits per heavy atom. The second kappa shape index (κ2) is 4.86. The van der Waals surface area contributed by atoms with Gasteiger partial charge in [0.25, 0.3) is 0 Å². The number of halogens is 1. The van der Waals surface area contributed by atoms with Crippen LogP contribution in [0.15, 0.2) is 24.3 Å². The van der Waals surface area contributed by atoms with Crippen LogP contribution in [0.1, 0.15) is 5.56 Å². The first-order valence-electron chi connectivity index (χ1n) is 4.49. The van der Waals surface area contributed by atoms with E-state index in [0.29, 0.717) is 13.0 Å². The lowest BCUT2D eigenvalue weighted by atomic mass is 10.1. The largest absolute Gasteiger partial charge is 0.302 e. The smallest absolute Gasteiger partial charge is 0.151 e. The Morgan fingerprint density at radius 1 is 1.29 bits per heavy atom. The van der Waals surface area contributed by atoms with Crippen LogP contribution in [0.3, 0.4) is 0 Å². The Balaban J connectivity index is 2.52. The standard InChI is InChI=1S/C11H14FNO/c1-13(2)8-11(14)7-9-3-5-10(12)6-4-9/h3-6H,7-8H2,1-2H3.